The van der Waals surface area contributed by atoms with E-state index >= 15 is 0 Å². The summed E-state index contributed by atoms with van der Waals surface area (Å²) < 4.78 is 0. The fourth-order valence-corrected chi connectivity index (χ4v) is 1.99. The van der Waals surface area contributed by atoms with E-state index in [9.17, 15) is 0 Å². The second-order valence-electron chi connectivity index (χ2n) is 4.18. The Morgan fingerprint density at radius 3 is 2.46 bits per heavy atom. The van der Waals surface area contributed by atoms with Gasteiger partial charge in [0.2, 0.25) is 0 Å². The molecule has 2 nitrogen and oxygen atoms in total. The van der Waals surface area contributed by atoms with Crippen LogP contribution in [0.4, 0.5) is 0 Å². The zero-order valence-electron chi connectivity index (χ0n) is 9.10. The Labute approximate surface area is 82.5 Å². The fourth-order valence-electron chi connectivity index (χ4n) is 1.99. The molecule has 1 fully saturated rings. The summed E-state index contributed by atoms with van der Waals surface area (Å²) in [6, 6.07) is 1.40. The Morgan fingerprint density at radius 2 is 1.85 bits per heavy atom. The number of hydrogen-bond acceptors (Lipinski definition) is 2. The summed E-state index contributed by atoms with van der Waals surface area (Å²) in [4.78, 5) is 0. The minimum atomic E-state index is 0.672. The minimum Gasteiger partial charge on any atom is -0.300 e. The molecule has 2 heteroatoms. The highest BCUT2D eigenvalue weighted by atomic mass is 15.2. The molecule has 0 aromatic rings. The van der Waals surface area contributed by atoms with Crippen molar-refractivity contribution in [2.45, 2.75) is 64.5 Å². The summed E-state index contributed by atoms with van der Waals surface area (Å²) >= 11 is 0. The van der Waals surface area contributed by atoms with Crippen LogP contribution in [0, 0.1) is 0 Å². The zero-order chi connectivity index (χ0) is 9.52. The Morgan fingerprint density at radius 1 is 1.08 bits per heavy atom. The molecule has 13 heavy (non-hydrogen) atoms. The molecule has 1 saturated heterocycles. The molecule has 2 atom stereocenters. The van der Waals surface area contributed by atoms with Gasteiger partial charge in [0.1, 0.15) is 0 Å². The molecule has 1 aliphatic heterocycles. The van der Waals surface area contributed by atoms with Crippen molar-refractivity contribution in [3.8, 4) is 0 Å². The smallest absolute Gasteiger partial charge is 0.0459 e. The van der Waals surface area contributed by atoms with Gasteiger partial charge in [-0.2, -0.15) is 0 Å². The first kappa shape index (κ1) is 11.0. The second kappa shape index (κ2) is 6.39. The van der Waals surface area contributed by atoms with Gasteiger partial charge in [-0.05, 0) is 13.3 Å². The van der Waals surface area contributed by atoms with Gasteiger partial charge in [-0.1, -0.05) is 39.0 Å². The molecule has 0 aromatic carbocycles. The zero-order valence-corrected chi connectivity index (χ0v) is 9.10. The fraction of sp³-hybridized carbons (Fsp3) is 1.00. The molecule has 0 bridgehead atoms. The van der Waals surface area contributed by atoms with Gasteiger partial charge < -0.3 is 10.6 Å². The molecule has 78 valence electrons. The van der Waals surface area contributed by atoms with Gasteiger partial charge >= 0.3 is 0 Å². The Hall–Kier alpha value is -0.0800. The molecule has 1 aliphatic rings. The van der Waals surface area contributed by atoms with E-state index in [1.807, 2.05) is 0 Å². The lowest BCUT2D eigenvalue weighted by Crippen LogP contribution is -2.30. The van der Waals surface area contributed by atoms with E-state index in [4.69, 9.17) is 0 Å². The molecular formula is C11H24N2. The number of nitrogens with one attached hydrogen (secondary N) is 2. The highest BCUT2D eigenvalue weighted by Crippen LogP contribution is 2.11. The van der Waals surface area contributed by atoms with Crippen LogP contribution in [0.5, 0.6) is 0 Å². The quantitative estimate of drug-likeness (QED) is 0.619. The van der Waals surface area contributed by atoms with Gasteiger partial charge in [0.15, 0.2) is 0 Å². The molecule has 0 spiro atoms. The third kappa shape index (κ3) is 4.10. The van der Waals surface area contributed by atoms with E-state index in [1.165, 1.54) is 38.5 Å². The van der Waals surface area contributed by atoms with Gasteiger partial charge in [-0.3, -0.25) is 0 Å². The third-order valence-corrected chi connectivity index (χ3v) is 3.01. The predicted molar refractivity (Wildman–Crippen MR) is 57.8 cm³/mol. The highest BCUT2D eigenvalue weighted by molar-refractivity contribution is 4.83. The van der Waals surface area contributed by atoms with E-state index in [1.54, 1.807) is 0 Å². The molecule has 0 radical (unpaired) electrons. The molecular weight excluding hydrogens is 160 g/mol. The average Bonchev–Trinajstić information content (AvgIpc) is 2.52. The van der Waals surface area contributed by atoms with Crippen molar-refractivity contribution in [1.82, 2.24) is 10.6 Å². The van der Waals surface area contributed by atoms with Crippen LogP contribution in [0.1, 0.15) is 52.4 Å². The predicted octanol–water partition coefficient (Wildman–Crippen LogP) is 2.25. The summed E-state index contributed by atoms with van der Waals surface area (Å²) in [6.07, 6.45) is 8.33. The molecule has 0 aliphatic carbocycles. The second-order valence-corrected chi connectivity index (χ2v) is 4.18. The van der Waals surface area contributed by atoms with Crippen molar-refractivity contribution in [2.24, 2.45) is 0 Å². The first-order chi connectivity index (χ1) is 6.34. The normalized spacial score (nSPS) is 28.2. The first-order valence-corrected chi connectivity index (χ1v) is 5.81. The highest BCUT2D eigenvalue weighted by Gasteiger charge is 2.20. The van der Waals surface area contributed by atoms with Gasteiger partial charge in [0.05, 0.1) is 0 Å². The van der Waals surface area contributed by atoms with Crippen LogP contribution < -0.4 is 10.6 Å². The Bertz CT molecular complexity index is 125. The maximum atomic E-state index is 3.49. The van der Waals surface area contributed by atoms with Crippen molar-refractivity contribution < 1.29 is 0 Å². The SMILES string of the molecule is CCCCCCCC1NCNC1C. The largest absolute Gasteiger partial charge is 0.300 e. The summed E-state index contributed by atoms with van der Waals surface area (Å²) in [5.74, 6) is 0. The maximum absolute atomic E-state index is 3.49. The lowest BCUT2D eigenvalue weighted by molar-refractivity contribution is 0.472. The van der Waals surface area contributed by atoms with Crippen LogP contribution >= 0.6 is 0 Å². The summed E-state index contributed by atoms with van der Waals surface area (Å²) in [5.41, 5.74) is 0. The molecule has 0 amide bonds. The van der Waals surface area contributed by atoms with Crippen molar-refractivity contribution >= 4 is 0 Å². The molecule has 1 heterocycles. The maximum Gasteiger partial charge on any atom is 0.0459 e. The van der Waals surface area contributed by atoms with Gasteiger partial charge in [0.25, 0.3) is 0 Å². The number of hydrogen-bond donors (Lipinski definition) is 2. The van der Waals surface area contributed by atoms with E-state index in [0.717, 1.165) is 12.7 Å². The van der Waals surface area contributed by atoms with Crippen molar-refractivity contribution in [1.29, 1.82) is 0 Å². The van der Waals surface area contributed by atoms with E-state index < -0.39 is 0 Å². The molecule has 0 saturated carbocycles. The third-order valence-electron chi connectivity index (χ3n) is 3.01. The van der Waals surface area contributed by atoms with Gasteiger partial charge in [-0.25, -0.2) is 0 Å². The van der Waals surface area contributed by atoms with E-state index in [-0.39, 0.29) is 0 Å². The number of rotatable bonds is 6. The van der Waals surface area contributed by atoms with Crippen molar-refractivity contribution in [2.75, 3.05) is 6.67 Å². The first-order valence-electron chi connectivity index (χ1n) is 5.81. The van der Waals surface area contributed by atoms with E-state index in [2.05, 4.69) is 24.5 Å². The summed E-state index contributed by atoms with van der Waals surface area (Å²) in [5, 5.41) is 6.90. The molecule has 2 N–H and O–H groups in total. The van der Waals surface area contributed by atoms with Crippen molar-refractivity contribution in [3.05, 3.63) is 0 Å². The van der Waals surface area contributed by atoms with Crippen LogP contribution in [0.3, 0.4) is 0 Å². The summed E-state index contributed by atoms with van der Waals surface area (Å²) in [7, 11) is 0. The molecule has 0 aromatic heterocycles. The summed E-state index contributed by atoms with van der Waals surface area (Å²) in [6.45, 7) is 5.54. The Balaban J connectivity index is 1.93. The molecule has 2 unspecified atom stereocenters. The van der Waals surface area contributed by atoms with Gasteiger partial charge in [-0.15, -0.1) is 0 Å². The van der Waals surface area contributed by atoms with Crippen molar-refractivity contribution in [3.63, 3.8) is 0 Å². The van der Waals surface area contributed by atoms with Crippen LogP contribution in [0.25, 0.3) is 0 Å². The van der Waals surface area contributed by atoms with E-state index in [0.29, 0.717) is 6.04 Å². The van der Waals surface area contributed by atoms with Gasteiger partial charge in [0, 0.05) is 18.8 Å². The van der Waals surface area contributed by atoms with Crippen LogP contribution in [0.2, 0.25) is 0 Å². The lowest BCUT2D eigenvalue weighted by atomic mass is 10.0. The topological polar surface area (TPSA) is 24.1 Å². The molecule has 1 rings (SSSR count). The minimum absolute atomic E-state index is 0.672. The van der Waals surface area contributed by atoms with Crippen LogP contribution in [0.15, 0.2) is 0 Å². The van der Waals surface area contributed by atoms with Crippen LogP contribution in [-0.2, 0) is 0 Å². The number of unbranched alkanes of at least 4 members (excludes halogenated alkanes) is 4. The standard InChI is InChI=1S/C11H24N2/c1-3-4-5-6-7-8-11-10(2)12-9-13-11/h10-13H,3-9H2,1-2H3. The monoisotopic (exact) mass is 184 g/mol. The van der Waals surface area contributed by atoms with Crippen LogP contribution in [-0.4, -0.2) is 18.8 Å². The Kier molecular flexibility index (Phi) is 5.40. The lowest BCUT2D eigenvalue weighted by Gasteiger charge is -2.14. The average molecular weight is 184 g/mol.